The summed E-state index contributed by atoms with van der Waals surface area (Å²) in [6, 6.07) is 8.24. The van der Waals surface area contributed by atoms with Gasteiger partial charge in [0.2, 0.25) is 35.4 Å². The molecule has 1 aliphatic carbocycles. The van der Waals surface area contributed by atoms with Crippen LogP contribution in [0.1, 0.15) is 111 Å². The highest BCUT2D eigenvalue weighted by Gasteiger charge is 2.46. The molecule has 4 aliphatic rings. The molecule has 2 aromatic carbocycles. The van der Waals surface area contributed by atoms with Gasteiger partial charge in [0.25, 0.3) is 17.4 Å². The molecule has 4 aromatic rings. The second kappa shape index (κ2) is 23.7. The Morgan fingerprint density at radius 3 is 2.20 bits per heavy atom. The van der Waals surface area contributed by atoms with Gasteiger partial charge in [-0.15, -0.1) is 0 Å². The number of imide groups is 1. The fourth-order valence-electron chi connectivity index (χ4n) is 10.3. The van der Waals surface area contributed by atoms with E-state index in [0.29, 0.717) is 57.4 Å². The number of rotatable bonds is 21. The summed E-state index contributed by atoms with van der Waals surface area (Å²) < 4.78 is 27.5. The SMILES string of the molecule is CC[C@@]1(O)C(=O)OCc2c1cc1n(c2=O)Cc2c-1nc1cc(F)c(C)c3c1c2[C@@H](NC(=O)CNC(=O)[C@H](Cc1ccccc1)NC(=O)CNC(=O)CNC(=O)[C@H](CCC(=O)OC(C)(C)C)NC(=O)CCCN1C(=O)C=CC1=O)CC3. The molecule has 8 rings (SSSR count). The van der Waals surface area contributed by atoms with Gasteiger partial charge in [-0.05, 0) is 88.1 Å². The summed E-state index contributed by atoms with van der Waals surface area (Å²) >= 11 is 0. The van der Waals surface area contributed by atoms with E-state index in [0.717, 1.165) is 17.1 Å². The number of carbonyl (C=O) groups is 10. The van der Waals surface area contributed by atoms with Crippen molar-refractivity contribution in [2.75, 3.05) is 26.2 Å². The molecule has 0 fully saturated rings. The van der Waals surface area contributed by atoms with Crippen LogP contribution in [0.5, 0.6) is 0 Å². The lowest BCUT2D eigenvalue weighted by atomic mass is 9.81. The van der Waals surface area contributed by atoms with Gasteiger partial charge in [-0.1, -0.05) is 37.3 Å². The van der Waals surface area contributed by atoms with Gasteiger partial charge in [-0.3, -0.25) is 52.8 Å². The lowest BCUT2D eigenvalue weighted by molar-refractivity contribution is -0.172. The van der Waals surface area contributed by atoms with Gasteiger partial charge in [-0.2, -0.15) is 0 Å². The van der Waals surface area contributed by atoms with Crippen LogP contribution in [0.15, 0.2) is 59.4 Å². The number of hydrogen-bond acceptors (Lipinski definition) is 15. The zero-order chi connectivity index (χ0) is 57.8. The van der Waals surface area contributed by atoms with Crippen molar-refractivity contribution in [1.29, 1.82) is 0 Å². The maximum absolute atomic E-state index is 15.5. The molecule has 80 heavy (non-hydrogen) atoms. The molecule has 0 saturated carbocycles. The Labute approximate surface area is 457 Å². The van der Waals surface area contributed by atoms with E-state index in [1.165, 1.54) is 10.6 Å². The molecule has 23 nitrogen and oxygen atoms in total. The third-order valence-corrected chi connectivity index (χ3v) is 14.3. The molecule has 0 spiro atoms. The summed E-state index contributed by atoms with van der Waals surface area (Å²) in [4.78, 5) is 149. The number of esters is 2. The smallest absolute Gasteiger partial charge is 0.343 e. The van der Waals surface area contributed by atoms with Crippen LogP contribution in [0.25, 0.3) is 22.3 Å². The summed E-state index contributed by atoms with van der Waals surface area (Å²) in [5.74, 6) is -7.51. The summed E-state index contributed by atoms with van der Waals surface area (Å²) in [6.07, 6.45) is 2.20. The van der Waals surface area contributed by atoms with E-state index in [9.17, 15) is 57.8 Å². The number of hydrogen-bond donors (Lipinski definition) is 7. The predicted octanol–water partition coefficient (Wildman–Crippen LogP) is 1.02. The fraction of sp³-hybridized carbons (Fsp3) is 0.429. The Hall–Kier alpha value is -8.67. The maximum Gasteiger partial charge on any atom is 0.343 e. The van der Waals surface area contributed by atoms with E-state index in [1.54, 1.807) is 71.0 Å². The summed E-state index contributed by atoms with van der Waals surface area (Å²) in [6.45, 7) is 5.99. The Morgan fingerprint density at radius 1 is 0.850 bits per heavy atom. The Bertz CT molecular complexity index is 3320. The Morgan fingerprint density at radius 2 is 1.51 bits per heavy atom. The number of pyridine rings is 2. The molecule has 5 heterocycles. The van der Waals surface area contributed by atoms with Crippen molar-refractivity contribution in [3.8, 4) is 11.4 Å². The standard InChI is InChI=1S/C56H62FN9O14/c1-6-56(78)34-22-40-50-32(27-66(40)53(76)33(34)28-79-54(56)77)49-36(15-14-31-29(2)35(57)23-38(64-50)48(31)49)61-44(70)26-60-52(75)39(21-30-11-8-7-9-12-30)63-43(69)25-58-42(68)24-59-51(74)37(16-19-47(73)80-55(3,4)5)62-41(67)13-10-20-65-45(71)17-18-46(65)72/h7-9,11-12,17-18,22-23,36-37,39,78H,6,10,13-16,19-21,24-28H2,1-5H3,(H,58,68)(H,59,74)(H,60,75)(H,61,70)(H,62,67)(H,63,69)/t36-,37-,39-,56-/m0/s1. The molecule has 422 valence electrons. The van der Waals surface area contributed by atoms with Crippen molar-refractivity contribution >= 4 is 70.1 Å². The molecule has 8 amide bonds. The number of cyclic esters (lactones) is 1. The number of amides is 8. The van der Waals surface area contributed by atoms with Crippen molar-refractivity contribution in [3.05, 3.63) is 110 Å². The topological polar surface area (TPSA) is 320 Å². The fourth-order valence-corrected chi connectivity index (χ4v) is 10.3. The van der Waals surface area contributed by atoms with Crippen molar-refractivity contribution in [2.24, 2.45) is 0 Å². The van der Waals surface area contributed by atoms with E-state index >= 15 is 4.39 Å². The van der Waals surface area contributed by atoms with Crippen LogP contribution in [0.3, 0.4) is 0 Å². The van der Waals surface area contributed by atoms with E-state index < -0.39 is 120 Å². The number of nitrogens with one attached hydrogen (secondary N) is 6. The van der Waals surface area contributed by atoms with Gasteiger partial charge < -0.3 is 51.0 Å². The van der Waals surface area contributed by atoms with Crippen LogP contribution in [0.4, 0.5) is 4.39 Å². The second-order valence-electron chi connectivity index (χ2n) is 21.0. The highest BCUT2D eigenvalue weighted by Crippen LogP contribution is 2.46. The number of ether oxygens (including phenoxy) is 2. The van der Waals surface area contributed by atoms with Crippen molar-refractivity contribution in [2.45, 2.75) is 128 Å². The van der Waals surface area contributed by atoms with Gasteiger partial charge in [0.05, 0.1) is 54.7 Å². The highest BCUT2D eigenvalue weighted by molar-refractivity contribution is 6.13. The van der Waals surface area contributed by atoms with Crippen molar-refractivity contribution < 1.29 is 66.9 Å². The molecule has 0 bridgehead atoms. The lowest BCUT2D eigenvalue weighted by Gasteiger charge is -2.31. The third-order valence-electron chi connectivity index (χ3n) is 14.3. The van der Waals surface area contributed by atoms with Gasteiger partial charge in [0.1, 0.15) is 30.1 Å². The maximum atomic E-state index is 15.5. The zero-order valence-electron chi connectivity index (χ0n) is 44.8. The second-order valence-corrected chi connectivity index (χ2v) is 21.0. The predicted molar refractivity (Wildman–Crippen MR) is 282 cm³/mol. The van der Waals surface area contributed by atoms with Crippen LogP contribution < -0.4 is 37.5 Å². The number of fused-ring (bicyclic) bond motifs is 5. The number of aryl methyl sites for hydroxylation is 1. The molecule has 4 atom stereocenters. The molecule has 0 unspecified atom stereocenters. The monoisotopic (exact) mass is 1100 g/mol. The minimum atomic E-state index is -2.08. The van der Waals surface area contributed by atoms with Gasteiger partial charge in [-0.25, -0.2) is 14.2 Å². The largest absolute Gasteiger partial charge is 0.460 e. The number of carbonyl (C=O) groups excluding carboxylic acids is 10. The van der Waals surface area contributed by atoms with Crippen LogP contribution >= 0.6 is 0 Å². The minimum Gasteiger partial charge on any atom is -0.460 e. The van der Waals surface area contributed by atoms with Crippen LogP contribution in [0, 0.1) is 12.7 Å². The van der Waals surface area contributed by atoms with E-state index in [1.807, 2.05) is 0 Å². The van der Waals surface area contributed by atoms with Gasteiger partial charge in [0.15, 0.2) is 5.60 Å². The van der Waals surface area contributed by atoms with Gasteiger partial charge in [0, 0.05) is 60.5 Å². The normalized spacial score (nSPS) is 17.6. The average molecular weight is 1100 g/mol. The van der Waals surface area contributed by atoms with Crippen LogP contribution in [-0.2, 0) is 89.0 Å². The summed E-state index contributed by atoms with van der Waals surface area (Å²) in [5.41, 5.74) is 0.620. The molecule has 24 heteroatoms. The first kappa shape index (κ1) is 57.5. The highest BCUT2D eigenvalue weighted by atomic mass is 19.1. The number of aromatic nitrogens is 2. The average Bonchev–Trinajstić information content (AvgIpc) is 4.07. The van der Waals surface area contributed by atoms with E-state index in [-0.39, 0.29) is 74.9 Å². The first-order valence-electron chi connectivity index (χ1n) is 26.3. The first-order chi connectivity index (χ1) is 38.0. The molecular formula is C56H62FN9O14. The molecule has 2 aromatic heterocycles. The van der Waals surface area contributed by atoms with E-state index in [4.69, 9.17) is 14.5 Å². The minimum absolute atomic E-state index is 0.00999. The molecule has 3 aliphatic heterocycles. The number of aliphatic hydroxyl groups is 1. The Kier molecular flexibility index (Phi) is 17.1. The summed E-state index contributed by atoms with van der Waals surface area (Å²) in [7, 11) is 0. The van der Waals surface area contributed by atoms with Crippen molar-refractivity contribution in [3.63, 3.8) is 0 Å². The molecular weight excluding hydrogens is 1040 g/mol. The third kappa shape index (κ3) is 12.6. The van der Waals surface area contributed by atoms with Gasteiger partial charge >= 0.3 is 11.9 Å². The molecule has 7 N–H and O–H groups in total. The lowest BCUT2D eigenvalue weighted by Crippen LogP contribution is -2.53. The number of nitrogens with zero attached hydrogens (tertiary/aromatic N) is 3. The zero-order valence-corrected chi connectivity index (χ0v) is 44.8. The summed E-state index contributed by atoms with van der Waals surface area (Å²) in [5, 5.41) is 27.5. The van der Waals surface area contributed by atoms with E-state index in [2.05, 4.69) is 31.9 Å². The number of halogens is 1. The quantitative estimate of drug-likeness (QED) is 0.0399. The molecule has 0 saturated heterocycles. The molecule has 0 radical (unpaired) electrons. The Balaban J connectivity index is 0.896. The first-order valence-corrected chi connectivity index (χ1v) is 26.3. The van der Waals surface area contributed by atoms with Crippen molar-refractivity contribution in [1.82, 2.24) is 46.4 Å². The number of benzene rings is 2. The van der Waals surface area contributed by atoms with Crippen LogP contribution in [0.2, 0.25) is 0 Å². The van der Waals surface area contributed by atoms with Crippen LogP contribution in [-0.4, -0.2) is 123 Å².